The number of fused-ring (bicyclic) bond motifs is 1. The predicted octanol–water partition coefficient (Wildman–Crippen LogP) is 5.69. The fourth-order valence-corrected chi connectivity index (χ4v) is 5.42. The van der Waals surface area contributed by atoms with Crippen molar-refractivity contribution in [2.45, 2.75) is 9.92 Å². The van der Waals surface area contributed by atoms with Crippen molar-refractivity contribution in [2.24, 2.45) is 0 Å². The molecule has 3 heterocycles. The highest BCUT2D eigenvalue weighted by molar-refractivity contribution is 7.99. The lowest BCUT2D eigenvalue weighted by molar-refractivity contribution is -0.122. The van der Waals surface area contributed by atoms with Crippen molar-refractivity contribution in [1.82, 2.24) is 14.7 Å². The van der Waals surface area contributed by atoms with Gasteiger partial charge >= 0.3 is 0 Å². The number of rotatable bonds is 4. The Morgan fingerprint density at radius 3 is 2.39 bits per heavy atom. The summed E-state index contributed by atoms with van der Waals surface area (Å²) in [5.41, 5.74) is 1.07. The van der Waals surface area contributed by atoms with Crippen molar-refractivity contribution in [2.75, 3.05) is 4.90 Å². The number of hydrogen-bond acceptors (Lipinski definition) is 6. The van der Waals surface area contributed by atoms with Gasteiger partial charge in [0.25, 0.3) is 11.8 Å². The molecule has 11 heteroatoms. The van der Waals surface area contributed by atoms with E-state index in [0.717, 1.165) is 9.86 Å². The zero-order valence-electron chi connectivity index (χ0n) is 16.5. The van der Waals surface area contributed by atoms with Crippen LogP contribution in [-0.4, -0.2) is 26.3 Å². The first-order valence-electron chi connectivity index (χ1n) is 9.47. The van der Waals surface area contributed by atoms with Crippen LogP contribution in [0.3, 0.4) is 0 Å². The van der Waals surface area contributed by atoms with Crippen LogP contribution in [0.15, 0.2) is 75.6 Å². The van der Waals surface area contributed by atoms with Gasteiger partial charge in [-0.1, -0.05) is 35.0 Å². The maximum atomic E-state index is 13.4. The summed E-state index contributed by atoms with van der Waals surface area (Å²) >= 11 is 20.1. The molecule has 6 nitrogen and oxygen atoms in total. The number of anilines is 1. The fraction of sp³-hybridized carbons (Fsp3) is 0. The van der Waals surface area contributed by atoms with Gasteiger partial charge in [-0.3, -0.25) is 24.2 Å². The van der Waals surface area contributed by atoms with Gasteiger partial charge < -0.3 is 0 Å². The van der Waals surface area contributed by atoms with Crippen LogP contribution in [0.5, 0.6) is 0 Å². The molecule has 1 aliphatic heterocycles. The molecule has 2 aromatic heterocycles. The van der Waals surface area contributed by atoms with Gasteiger partial charge in [-0.2, -0.15) is 0 Å². The maximum absolute atomic E-state index is 13.4. The molecule has 1 saturated heterocycles. The van der Waals surface area contributed by atoms with Crippen LogP contribution in [0.4, 0.5) is 5.69 Å². The van der Waals surface area contributed by atoms with Crippen molar-refractivity contribution >= 4 is 92.2 Å². The summed E-state index contributed by atoms with van der Waals surface area (Å²) < 4.78 is 1.84. The van der Waals surface area contributed by atoms with Crippen LogP contribution >= 0.6 is 58.5 Å². The van der Waals surface area contributed by atoms with Crippen molar-refractivity contribution in [3.8, 4) is 0 Å². The third kappa shape index (κ3) is 4.30. The van der Waals surface area contributed by atoms with E-state index in [4.69, 9.17) is 35.4 Å². The highest BCUT2D eigenvalue weighted by Gasteiger charge is 2.35. The quantitative estimate of drug-likeness (QED) is 0.208. The maximum Gasteiger partial charge on any atom is 0.270 e. The molecule has 0 atom stereocenters. The van der Waals surface area contributed by atoms with Crippen molar-refractivity contribution in [3.63, 3.8) is 0 Å². The minimum Gasteiger partial charge on any atom is -0.298 e. The average Bonchev–Trinajstić information content (AvgIpc) is 3.36. The number of thiocarbonyl (C=S) groups is 1. The second-order valence-electron chi connectivity index (χ2n) is 6.85. The second kappa shape index (κ2) is 8.92. The van der Waals surface area contributed by atoms with Gasteiger partial charge in [-0.05, 0) is 66.8 Å². The van der Waals surface area contributed by atoms with Gasteiger partial charge in [0, 0.05) is 26.5 Å². The number of amides is 2. The minimum atomic E-state index is -0.567. The number of carbonyl (C=O) groups excluding carboxylic acids is 2. The van der Waals surface area contributed by atoms with Crippen LogP contribution in [0, 0.1) is 0 Å². The van der Waals surface area contributed by atoms with Crippen LogP contribution in [0.25, 0.3) is 11.0 Å². The lowest BCUT2D eigenvalue weighted by Gasteiger charge is -2.28. The predicted molar refractivity (Wildman–Crippen MR) is 136 cm³/mol. The van der Waals surface area contributed by atoms with E-state index in [1.807, 2.05) is 28.1 Å². The Kier molecular flexibility index (Phi) is 5.98. The summed E-state index contributed by atoms with van der Waals surface area (Å²) in [6.45, 7) is 0. The number of imidazole rings is 1. The van der Waals surface area contributed by atoms with E-state index in [1.165, 1.54) is 28.0 Å². The number of hydrogen-bond donors (Lipinski definition) is 1. The molecule has 0 saturated carbocycles. The summed E-state index contributed by atoms with van der Waals surface area (Å²) in [5, 5.41) is 6.31. The zero-order valence-corrected chi connectivity index (χ0v) is 20.5. The Labute approximate surface area is 211 Å². The van der Waals surface area contributed by atoms with Gasteiger partial charge in [0.05, 0.1) is 11.4 Å². The van der Waals surface area contributed by atoms with Gasteiger partial charge in [-0.15, -0.1) is 11.3 Å². The molecule has 0 radical (unpaired) electrons. The van der Waals surface area contributed by atoms with E-state index in [-0.39, 0.29) is 10.7 Å². The van der Waals surface area contributed by atoms with Gasteiger partial charge in [0.2, 0.25) is 0 Å². The van der Waals surface area contributed by atoms with Crippen LogP contribution in [0.1, 0.15) is 5.69 Å². The Morgan fingerprint density at radius 2 is 1.70 bits per heavy atom. The molecule has 0 bridgehead atoms. The van der Waals surface area contributed by atoms with Crippen molar-refractivity contribution < 1.29 is 9.59 Å². The molecule has 164 valence electrons. The lowest BCUT2D eigenvalue weighted by Crippen LogP contribution is -2.54. The molecule has 33 heavy (non-hydrogen) atoms. The SMILES string of the molecule is O=C1NC(=S)N(c2ccc(Cl)cc2)C(=O)/C1=C/c1c(Sc2ccc(Cl)cc2)nc2sccn12. The fourth-order valence-electron chi connectivity index (χ4n) is 3.22. The molecule has 0 unspecified atom stereocenters. The van der Waals surface area contributed by atoms with E-state index >= 15 is 0 Å². The third-order valence-corrected chi connectivity index (χ3v) is 7.31. The first kappa shape index (κ1) is 22.1. The number of aromatic nitrogens is 2. The molecule has 1 fully saturated rings. The number of benzene rings is 2. The Bertz CT molecular complexity index is 1440. The van der Waals surface area contributed by atoms with E-state index in [2.05, 4.69) is 10.3 Å². The summed E-state index contributed by atoms with van der Waals surface area (Å²) in [4.78, 5) is 33.8. The Hall–Kier alpha value is -2.69. The van der Waals surface area contributed by atoms with E-state index < -0.39 is 11.8 Å². The summed E-state index contributed by atoms with van der Waals surface area (Å²) in [5.74, 6) is -1.10. The lowest BCUT2D eigenvalue weighted by atomic mass is 10.1. The summed E-state index contributed by atoms with van der Waals surface area (Å²) in [7, 11) is 0. The molecule has 5 rings (SSSR count). The van der Waals surface area contributed by atoms with Gasteiger partial charge in [-0.25, -0.2) is 4.98 Å². The topological polar surface area (TPSA) is 66.7 Å². The highest BCUT2D eigenvalue weighted by Crippen LogP contribution is 2.34. The summed E-state index contributed by atoms with van der Waals surface area (Å²) in [6, 6.07) is 14.0. The number of nitrogens with one attached hydrogen (secondary N) is 1. The molecular weight excluding hydrogens is 519 g/mol. The normalized spacial score (nSPS) is 15.5. The van der Waals surface area contributed by atoms with E-state index in [1.54, 1.807) is 42.5 Å². The van der Waals surface area contributed by atoms with E-state index in [0.29, 0.717) is 26.5 Å². The monoisotopic (exact) mass is 530 g/mol. The molecule has 4 aromatic rings. The smallest absolute Gasteiger partial charge is 0.270 e. The van der Waals surface area contributed by atoms with Crippen LogP contribution in [-0.2, 0) is 9.59 Å². The molecule has 0 spiro atoms. The minimum absolute atomic E-state index is 0.00852. The second-order valence-corrected chi connectivity index (χ2v) is 10.0. The number of thiazole rings is 1. The van der Waals surface area contributed by atoms with Crippen LogP contribution < -0.4 is 10.2 Å². The molecule has 2 aromatic carbocycles. The van der Waals surface area contributed by atoms with Crippen molar-refractivity contribution in [1.29, 1.82) is 0 Å². The Morgan fingerprint density at radius 1 is 1.03 bits per heavy atom. The van der Waals surface area contributed by atoms with Gasteiger partial charge in [0.1, 0.15) is 10.6 Å². The average molecular weight is 531 g/mol. The summed E-state index contributed by atoms with van der Waals surface area (Å²) in [6.07, 6.45) is 3.39. The molecule has 1 aliphatic rings. The van der Waals surface area contributed by atoms with Crippen molar-refractivity contribution in [3.05, 3.63) is 81.4 Å². The molecule has 0 aliphatic carbocycles. The number of halogens is 2. The molecule has 2 amide bonds. The number of nitrogens with zero attached hydrogens (tertiary/aromatic N) is 3. The van der Waals surface area contributed by atoms with Gasteiger partial charge in [0.15, 0.2) is 10.1 Å². The molecule has 1 N–H and O–H groups in total. The first-order chi connectivity index (χ1) is 15.9. The van der Waals surface area contributed by atoms with Crippen LogP contribution in [0.2, 0.25) is 10.0 Å². The third-order valence-electron chi connectivity index (χ3n) is 4.76. The number of carbonyl (C=O) groups is 2. The largest absolute Gasteiger partial charge is 0.298 e. The highest BCUT2D eigenvalue weighted by atomic mass is 35.5. The Balaban J connectivity index is 1.57. The molecular formula is C22H12Cl2N4O2S3. The first-order valence-corrected chi connectivity index (χ1v) is 12.3. The van der Waals surface area contributed by atoms with E-state index in [9.17, 15) is 9.59 Å². The zero-order chi connectivity index (χ0) is 23.1. The standard InChI is InChI=1S/C22H12Cl2N4O2S3/c23-12-1-5-14(6-2-12)28-20(30)16(18(29)25-21(28)31)11-17-19(26-22-27(17)9-10-32-22)33-15-7-3-13(24)4-8-15/h1-11H,(H,25,29,31)/b16-11+.